The molecule has 5 rings (SSSR count). The number of rotatable bonds is 5. The van der Waals surface area contributed by atoms with Gasteiger partial charge in [-0.3, -0.25) is 24.2 Å². The van der Waals surface area contributed by atoms with Gasteiger partial charge in [-0.25, -0.2) is 4.79 Å². The molecule has 2 aliphatic heterocycles. The molecule has 3 aromatic rings. The molecule has 2 N–H and O–H groups in total. The number of hydrogen-bond donors (Lipinski definition) is 2. The fourth-order valence-electron chi connectivity index (χ4n) is 4.66. The summed E-state index contributed by atoms with van der Waals surface area (Å²) in [7, 11) is 0. The van der Waals surface area contributed by atoms with Crippen LogP contribution in [0.5, 0.6) is 0 Å². The number of benzene rings is 3. The molecule has 0 spiro atoms. The van der Waals surface area contributed by atoms with E-state index in [0.29, 0.717) is 35.8 Å². The van der Waals surface area contributed by atoms with Gasteiger partial charge in [0, 0.05) is 24.5 Å². The first-order valence-corrected chi connectivity index (χ1v) is 12.2. The predicted molar refractivity (Wildman–Crippen MR) is 141 cm³/mol. The maximum absolute atomic E-state index is 13.9. The van der Waals surface area contributed by atoms with Gasteiger partial charge in [0.15, 0.2) is 6.04 Å². The third-order valence-electron chi connectivity index (χ3n) is 6.47. The molecule has 9 nitrogen and oxygen atoms in total. The van der Waals surface area contributed by atoms with Gasteiger partial charge in [0.25, 0.3) is 11.8 Å². The molecule has 3 aromatic carbocycles. The standard InChI is InChI=1S/C28H27N5O4/c34-24(31-17-9-10-18-31)19-32-22-15-7-8-16-23(22)33(21-13-5-2-6-14-21)27(36)25(26(32)35)30-28(37)29-20-11-3-1-4-12-20/h1-8,11-16,25H,9-10,17-19H2,(H2,29,30,37). The van der Waals surface area contributed by atoms with Crippen LogP contribution in [0.4, 0.5) is 27.5 Å². The van der Waals surface area contributed by atoms with Crippen molar-refractivity contribution in [3.63, 3.8) is 0 Å². The Morgan fingerprint density at radius 3 is 2.03 bits per heavy atom. The molecule has 5 amide bonds. The molecule has 0 saturated carbocycles. The Morgan fingerprint density at radius 2 is 1.35 bits per heavy atom. The van der Waals surface area contributed by atoms with Crippen LogP contribution in [0.3, 0.4) is 0 Å². The smallest absolute Gasteiger partial charge is 0.320 e. The zero-order chi connectivity index (χ0) is 25.8. The number of urea groups is 1. The van der Waals surface area contributed by atoms with E-state index in [1.807, 2.05) is 12.1 Å². The van der Waals surface area contributed by atoms with Crippen LogP contribution in [0.1, 0.15) is 12.8 Å². The van der Waals surface area contributed by atoms with Gasteiger partial charge < -0.3 is 15.5 Å². The highest BCUT2D eigenvalue weighted by atomic mass is 16.2. The molecule has 2 heterocycles. The van der Waals surface area contributed by atoms with Crippen LogP contribution in [0.25, 0.3) is 0 Å². The number of nitrogens with one attached hydrogen (secondary N) is 2. The number of likely N-dealkylation sites (tertiary alicyclic amines) is 1. The second-order valence-corrected chi connectivity index (χ2v) is 8.91. The molecule has 0 aliphatic carbocycles. The van der Waals surface area contributed by atoms with Gasteiger partial charge in [-0.2, -0.15) is 0 Å². The first-order chi connectivity index (χ1) is 18.0. The zero-order valence-electron chi connectivity index (χ0n) is 20.2. The highest BCUT2D eigenvalue weighted by Crippen LogP contribution is 2.38. The van der Waals surface area contributed by atoms with Crippen molar-refractivity contribution in [2.24, 2.45) is 0 Å². The minimum atomic E-state index is -1.55. The van der Waals surface area contributed by atoms with Crippen LogP contribution in [-0.2, 0) is 14.4 Å². The lowest BCUT2D eigenvalue weighted by atomic mass is 10.2. The van der Waals surface area contributed by atoms with Crippen molar-refractivity contribution < 1.29 is 19.2 Å². The fourth-order valence-corrected chi connectivity index (χ4v) is 4.66. The molecule has 1 saturated heterocycles. The molecule has 1 unspecified atom stereocenters. The normalized spacial score (nSPS) is 17.3. The molecule has 9 heteroatoms. The number of para-hydroxylation sites is 4. The first-order valence-electron chi connectivity index (χ1n) is 12.2. The number of fused-ring (bicyclic) bond motifs is 1. The summed E-state index contributed by atoms with van der Waals surface area (Å²) in [4.78, 5) is 58.3. The summed E-state index contributed by atoms with van der Waals surface area (Å²) in [6.45, 7) is 1.04. The molecule has 1 fully saturated rings. The van der Waals surface area contributed by atoms with Gasteiger partial charge in [0.1, 0.15) is 6.54 Å². The first kappa shape index (κ1) is 24.1. The maximum Gasteiger partial charge on any atom is 0.320 e. The van der Waals surface area contributed by atoms with E-state index in [-0.39, 0.29) is 12.5 Å². The molecule has 0 aromatic heterocycles. The highest BCUT2D eigenvalue weighted by molar-refractivity contribution is 6.24. The van der Waals surface area contributed by atoms with E-state index in [2.05, 4.69) is 10.6 Å². The average Bonchev–Trinajstić information content (AvgIpc) is 3.45. The van der Waals surface area contributed by atoms with E-state index in [1.54, 1.807) is 77.7 Å². The number of carbonyl (C=O) groups is 4. The average molecular weight is 498 g/mol. The second-order valence-electron chi connectivity index (χ2n) is 8.91. The minimum Gasteiger partial charge on any atom is -0.341 e. The lowest BCUT2D eigenvalue weighted by Gasteiger charge is -2.26. The fraction of sp³-hybridized carbons (Fsp3) is 0.214. The quantitative estimate of drug-likeness (QED) is 0.527. The number of nitrogens with zero attached hydrogens (tertiary/aromatic N) is 3. The van der Waals surface area contributed by atoms with Gasteiger partial charge in [-0.05, 0) is 49.2 Å². The van der Waals surface area contributed by atoms with Crippen molar-refractivity contribution >= 4 is 46.5 Å². The molecule has 1 atom stereocenters. The van der Waals surface area contributed by atoms with Crippen LogP contribution < -0.4 is 20.4 Å². The monoisotopic (exact) mass is 497 g/mol. The van der Waals surface area contributed by atoms with Gasteiger partial charge in [0.2, 0.25) is 5.91 Å². The van der Waals surface area contributed by atoms with Crippen LogP contribution in [0, 0.1) is 0 Å². The van der Waals surface area contributed by atoms with E-state index in [0.717, 1.165) is 12.8 Å². The van der Waals surface area contributed by atoms with Crippen LogP contribution in [-0.4, -0.2) is 54.3 Å². The third-order valence-corrected chi connectivity index (χ3v) is 6.47. The largest absolute Gasteiger partial charge is 0.341 e. The zero-order valence-corrected chi connectivity index (χ0v) is 20.2. The molecule has 0 bridgehead atoms. The van der Waals surface area contributed by atoms with Gasteiger partial charge in [0.05, 0.1) is 11.4 Å². The van der Waals surface area contributed by atoms with Crippen molar-refractivity contribution in [1.82, 2.24) is 10.2 Å². The predicted octanol–water partition coefficient (Wildman–Crippen LogP) is 3.51. The van der Waals surface area contributed by atoms with Crippen LogP contribution in [0.15, 0.2) is 84.9 Å². The Bertz CT molecular complexity index is 1310. The number of amides is 5. The Morgan fingerprint density at radius 1 is 0.757 bits per heavy atom. The summed E-state index contributed by atoms with van der Waals surface area (Å²) in [5.41, 5.74) is 1.92. The summed E-state index contributed by atoms with van der Waals surface area (Å²) in [6, 6.07) is 22.3. The third kappa shape index (κ3) is 5.02. The number of anilines is 4. The maximum atomic E-state index is 13.9. The SMILES string of the molecule is O=C(Nc1ccccc1)NC1C(=O)N(CC(=O)N2CCCC2)c2ccccc2N(c2ccccc2)C1=O. The van der Waals surface area contributed by atoms with E-state index < -0.39 is 23.9 Å². The number of hydrogen-bond acceptors (Lipinski definition) is 4. The molecule has 0 radical (unpaired) electrons. The molecule has 2 aliphatic rings. The lowest BCUT2D eigenvalue weighted by Crippen LogP contribution is -2.56. The van der Waals surface area contributed by atoms with Gasteiger partial charge in [-0.15, -0.1) is 0 Å². The molecule has 188 valence electrons. The van der Waals surface area contributed by atoms with Crippen LogP contribution in [0.2, 0.25) is 0 Å². The van der Waals surface area contributed by atoms with Crippen molar-refractivity contribution in [1.29, 1.82) is 0 Å². The summed E-state index contributed by atoms with van der Waals surface area (Å²) >= 11 is 0. The molecular formula is C28H27N5O4. The minimum absolute atomic E-state index is 0.200. The van der Waals surface area contributed by atoms with Crippen molar-refractivity contribution in [2.45, 2.75) is 18.9 Å². The second kappa shape index (κ2) is 10.5. The Kier molecular flexibility index (Phi) is 6.85. The van der Waals surface area contributed by atoms with Crippen molar-refractivity contribution in [3.8, 4) is 0 Å². The van der Waals surface area contributed by atoms with E-state index in [1.165, 1.54) is 9.80 Å². The van der Waals surface area contributed by atoms with Crippen molar-refractivity contribution in [2.75, 3.05) is 34.8 Å². The van der Waals surface area contributed by atoms with E-state index >= 15 is 0 Å². The summed E-state index contributed by atoms with van der Waals surface area (Å²) in [5, 5.41) is 5.22. The Hall–Kier alpha value is -4.66. The summed E-state index contributed by atoms with van der Waals surface area (Å²) in [5.74, 6) is -1.50. The summed E-state index contributed by atoms with van der Waals surface area (Å²) in [6.07, 6.45) is 1.83. The van der Waals surface area contributed by atoms with E-state index in [4.69, 9.17) is 0 Å². The van der Waals surface area contributed by atoms with E-state index in [9.17, 15) is 19.2 Å². The topological polar surface area (TPSA) is 102 Å². The van der Waals surface area contributed by atoms with Crippen molar-refractivity contribution in [3.05, 3.63) is 84.9 Å². The number of carbonyl (C=O) groups excluding carboxylic acids is 4. The molecule has 37 heavy (non-hydrogen) atoms. The highest BCUT2D eigenvalue weighted by Gasteiger charge is 2.42. The summed E-state index contributed by atoms with van der Waals surface area (Å²) < 4.78 is 0. The Balaban J connectivity index is 1.53. The van der Waals surface area contributed by atoms with Crippen LogP contribution >= 0.6 is 0 Å². The molecular weight excluding hydrogens is 470 g/mol. The van der Waals surface area contributed by atoms with Gasteiger partial charge in [-0.1, -0.05) is 48.5 Å². The lowest BCUT2D eigenvalue weighted by molar-refractivity contribution is -0.132. The Labute approximate surface area is 214 Å². The van der Waals surface area contributed by atoms with Gasteiger partial charge >= 0.3 is 6.03 Å².